The Bertz CT molecular complexity index is 258. The third-order valence-corrected chi connectivity index (χ3v) is 4.04. The molecule has 0 saturated carbocycles. The molecule has 4 nitrogen and oxygen atoms in total. The Labute approximate surface area is 120 Å². The van der Waals surface area contributed by atoms with Crippen molar-refractivity contribution in [2.45, 2.75) is 50.7 Å². The molecule has 2 aliphatic heterocycles. The molecular formula is C14H24ClNO3. The molecule has 110 valence electrons. The van der Waals surface area contributed by atoms with E-state index in [1.165, 1.54) is 0 Å². The maximum Gasteiger partial charge on any atom is 0.222 e. The SMILES string of the molecule is O=C(CCCCl)N(CC1CCCO1)CC1CCCO1. The van der Waals surface area contributed by atoms with Gasteiger partial charge in [0.05, 0.1) is 12.2 Å². The quantitative estimate of drug-likeness (QED) is 0.675. The van der Waals surface area contributed by atoms with Crippen LogP contribution in [-0.4, -0.2) is 55.2 Å². The minimum absolute atomic E-state index is 0.187. The predicted molar refractivity (Wildman–Crippen MR) is 74.5 cm³/mol. The summed E-state index contributed by atoms with van der Waals surface area (Å²) in [6.45, 7) is 3.07. The molecule has 0 radical (unpaired) electrons. The molecule has 2 unspecified atom stereocenters. The van der Waals surface area contributed by atoms with Crippen LogP contribution in [0.1, 0.15) is 38.5 Å². The minimum Gasteiger partial charge on any atom is -0.376 e. The number of hydrogen-bond acceptors (Lipinski definition) is 3. The molecule has 2 aliphatic rings. The maximum absolute atomic E-state index is 12.2. The highest BCUT2D eigenvalue weighted by Crippen LogP contribution is 2.18. The van der Waals surface area contributed by atoms with Crippen molar-refractivity contribution < 1.29 is 14.3 Å². The van der Waals surface area contributed by atoms with E-state index in [9.17, 15) is 4.79 Å². The van der Waals surface area contributed by atoms with Crippen molar-refractivity contribution in [2.24, 2.45) is 0 Å². The molecule has 2 atom stereocenters. The van der Waals surface area contributed by atoms with Crippen LogP contribution in [-0.2, 0) is 14.3 Å². The predicted octanol–water partition coefficient (Wildman–Crippen LogP) is 2.19. The van der Waals surface area contributed by atoms with Crippen LogP contribution in [0, 0.1) is 0 Å². The van der Waals surface area contributed by atoms with Gasteiger partial charge < -0.3 is 14.4 Å². The Morgan fingerprint density at radius 3 is 2.11 bits per heavy atom. The molecule has 0 aromatic heterocycles. The van der Waals surface area contributed by atoms with E-state index in [1.807, 2.05) is 4.90 Å². The molecule has 2 heterocycles. The molecule has 0 aromatic carbocycles. The third kappa shape index (κ3) is 4.93. The number of ether oxygens (including phenoxy) is 2. The van der Waals surface area contributed by atoms with Crippen LogP contribution >= 0.6 is 11.6 Å². The first-order valence-corrected chi connectivity index (χ1v) is 7.90. The number of rotatable bonds is 7. The lowest BCUT2D eigenvalue weighted by molar-refractivity contribution is -0.134. The molecule has 1 amide bonds. The molecule has 0 spiro atoms. The fraction of sp³-hybridized carbons (Fsp3) is 0.929. The lowest BCUT2D eigenvalue weighted by atomic mass is 10.1. The molecule has 0 N–H and O–H groups in total. The van der Waals surface area contributed by atoms with Crippen LogP contribution in [0.25, 0.3) is 0 Å². The number of carbonyl (C=O) groups excluding carboxylic acids is 1. The Kier molecular flexibility index (Phi) is 6.41. The smallest absolute Gasteiger partial charge is 0.222 e. The van der Waals surface area contributed by atoms with Gasteiger partial charge in [0.1, 0.15) is 0 Å². The summed E-state index contributed by atoms with van der Waals surface area (Å²) in [4.78, 5) is 14.2. The average molecular weight is 290 g/mol. The lowest BCUT2D eigenvalue weighted by Crippen LogP contribution is -2.41. The van der Waals surface area contributed by atoms with E-state index in [0.29, 0.717) is 25.4 Å². The van der Waals surface area contributed by atoms with Gasteiger partial charge in [0.2, 0.25) is 5.91 Å². The van der Waals surface area contributed by atoms with Gasteiger partial charge in [-0.15, -0.1) is 11.6 Å². The monoisotopic (exact) mass is 289 g/mol. The zero-order chi connectivity index (χ0) is 13.5. The molecule has 2 rings (SSSR count). The molecule has 0 aliphatic carbocycles. The van der Waals surface area contributed by atoms with Gasteiger partial charge in [0.15, 0.2) is 0 Å². The Balaban J connectivity index is 1.84. The maximum atomic E-state index is 12.2. The van der Waals surface area contributed by atoms with Gasteiger partial charge in [0, 0.05) is 38.6 Å². The first kappa shape index (κ1) is 15.1. The fourth-order valence-electron chi connectivity index (χ4n) is 2.72. The summed E-state index contributed by atoms with van der Waals surface area (Å²) < 4.78 is 11.3. The van der Waals surface area contributed by atoms with Crippen LogP contribution in [0.3, 0.4) is 0 Å². The Hall–Kier alpha value is -0.320. The van der Waals surface area contributed by atoms with Crippen molar-refractivity contribution in [3.05, 3.63) is 0 Å². The Morgan fingerprint density at radius 1 is 1.11 bits per heavy atom. The van der Waals surface area contributed by atoms with Gasteiger partial charge in [0.25, 0.3) is 0 Å². The average Bonchev–Trinajstić information content (AvgIpc) is 3.08. The van der Waals surface area contributed by atoms with E-state index >= 15 is 0 Å². The number of carbonyl (C=O) groups is 1. The highest BCUT2D eigenvalue weighted by Gasteiger charge is 2.26. The van der Waals surface area contributed by atoms with E-state index in [2.05, 4.69) is 0 Å². The van der Waals surface area contributed by atoms with Crippen LogP contribution in [0.5, 0.6) is 0 Å². The van der Waals surface area contributed by atoms with Crippen LogP contribution in [0.15, 0.2) is 0 Å². The summed E-state index contributed by atoms with van der Waals surface area (Å²) >= 11 is 5.67. The van der Waals surface area contributed by atoms with Crippen molar-refractivity contribution in [2.75, 3.05) is 32.2 Å². The summed E-state index contributed by atoms with van der Waals surface area (Å²) in [5.41, 5.74) is 0. The molecule has 0 bridgehead atoms. The number of alkyl halides is 1. The third-order valence-electron chi connectivity index (χ3n) is 3.77. The van der Waals surface area contributed by atoms with E-state index in [-0.39, 0.29) is 18.1 Å². The lowest BCUT2D eigenvalue weighted by Gasteiger charge is -2.27. The molecule has 5 heteroatoms. The van der Waals surface area contributed by atoms with Crippen molar-refractivity contribution in [1.82, 2.24) is 4.90 Å². The fourth-order valence-corrected chi connectivity index (χ4v) is 2.86. The summed E-state index contributed by atoms with van der Waals surface area (Å²) in [6.07, 6.45) is 6.03. The first-order valence-electron chi connectivity index (χ1n) is 7.36. The van der Waals surface area contributed by atoms with Crippen molar-refractivity contribution in [3.8, 4) is 0 Å². The highest BCUT2D eigenvalue weighted by atomic mass is 35.5. The van der Waals surface area contributed by atoms with Crippen LogP contribution in [0.4, 0.5) is 0 Å². The number of nitrogens with zero attached hydrogens (tertiary/aromatic N) is 1. The largest absolute Gasteiger partial charge is 0.376 e. The molecular weight excluding hydrogens is 266 g/mol. The molecule has 19 heavy (non-hydrogen) atoms. The number of halogens is 1. The van der Waals surface area contributed by atoms with Gasteiger partial charge >= 0.3 is 0 Å². The number of amides is 1. The summed E-state index contributed by atoms with van der Waals surface area (Å²) in [7, 11) is 0. The van der Waals surface area contributed by atoms with Gasteiger partial charge in [-0.05, 0) is 32.1 Å². The van der Waals surface area contributed by atoms with E-state index in [4.69, 9.17) is 21.1 Å². The van der Waals surface area contributed by atoms with Gasteiger partial charge in [-0.25, -0.2) is 0 Å². The second-order valence-corrected chi connectivity index (χ2v) is 5.74. The van der Waals surface area contributed by atoms with Gasteiger partial charge in [-0.2, -0.15) is 0 Å². The number of hydrogen-bond donors (Lipinski definition) is 0. The zero-order valence-electron chi connectivity index (χ0n) is 11.5. The highest BCUT2D eigenvalue weighted by molar-refractivity contribution is 6.17. The second kappa shape index (κ2) is 8.08. The summed E-state index contributed by atoms with van der Waals surface area (Å²) in [6, 6.07) is 0. The zero-order valence-corrected chi connectivity index (χ0v) is 12.2. The van der Waals surface area contributed by atoms with Crippen molar-refractivity contribution in [1.29, 1.82) is 0 Å². The topological polar surface area (TPSA) is 38.8 Å². The second-order valence-electron chi connectivity index (χ2n) is 5.36. The van der Waals surface area contributed by atoms with Crippen molar-refractivity contribution in [3.63, 3.8) is 0 Å². The normalized spacial score (nSPS) is 26.8. The Morgan fingerprint density at radius 2 is 1.68 bits per heavy atom. The van der Waals surface area contributed by atoms with Crippen LogP contribution in [0.2, 0.25) is 0 Å². The molecule has 2 fully saturated rings. The molecule has 2 saturated heterocycles. The summed E-state index contributed by atoms with van der Waals surface area (Å²) in [5.74, 6) is 0.728. The molecule has 0 aromatic rings. The summed E-state index contributed by atoms with van der Waals surface area (Å²) in [5, 5.41) is 0. The van der Waals surface area contributed by atoms with E-state index < -0.39 is 0 Å². The standard InChI is InChI=1S/C14H24ClNO3/c15-7-1-6-14(17)16(10-12-4-2-8-18-12)11-13-5-3-9-19-13/h12-13H,1-11H2. The van der Waals surface area contributed by atoms with E-state index in [0.717, 1.165) is 45.3 Å². The van der Waals surface area contributed by atoms with Gasteiger partial charge in [-0.1, -0.05) is 0 Å². The first-order chi connectivity index (χ1) is 9.29. The van der Waals surface area contributed by atoms with Gasteiger partial charge in [-0.3, -0.25) is 4.79 Å². The minimum atomic E-state index is 0.187. The van der Waals surface area contributed by atoms with Crippen molar-refractivity contribution >= 4 is 17.5 Å². The van der Waals surface area contributed by atoms with E-state index in [1.54, 1.807) is 0 Å². The van der Waals surface area contributed by atoms with Crippen LogP contribution < -0.4 is 0 Å².